The molecule has 102 valence electrons. The van der Waals surface area contributed by atoms with E-state index in [0.717, 1.165) is 0 Å². The van der Waals surface area contributed by atoms with Crippen LogP contribution in [0, 0.1) is 29.1 Å². The van der Waals surface area contributed by atoms with Crippen LogP contribution in [-0.4, -0.2) is 16.7 Å². The minimum absolute atomic E-state index is 0.0134. The smallest absolute Gasteiger partial charge is 0.234 e. The van der Waals surface area contributed by atoms with Crippen LogP contribution in [-0.2, 0) is 16.1 Å². The molecule has 4 aliphatic rings. The fourth-order valence-corrected chi connectivity index (χ4v) is 4.85. The van der Waals surface area contributed by atoms with Crippen LogP contribution >= 0.6 is 0 Å². The lowest BCUT2D eigenvalue weighted by Gasteiger charge is -2.20. The summed E-state index contributed by atoms with van der Waals surface area (Å²) in [5.41, 5.74) is 0.275. The second kappa shape index (κ2) is 3.25. The van der Waals surface area contributed by atoms with Crippen LogP contribution in [0.5, 0.6) is 0 Å². The average Bonchev–Trinajstić information content (AvgIpc) is 2.73. The van der Waals surface area contributed by atoms with Crippen molar-refractivity contribution in [3.05, 3.63) is 36.3 Å². The van der Waals surface area contributed by atoms with Crippen molar-refractivity contribution in [3.63, 3.8) is 0 Å². The number of nitrogens with zero attached hydrogens (tertiary/aromatic N) is 1. The summed E-state index contributed by atoms with van der Waals surface area (Å²) in [5.74, 6) is 1.10. The summed E-state index contributed by atoms with van der Waals surface area (Å²) in [5, 5.41) is 0. The maximum atomic E-state index is 12.7. The van der Waals surface area contributed by atoms with Gasteiger partial charge in [0.1, 0.15) is 5.76 Å². The van der Waals surface area contributed by atoms with E-state index in [1.807, 2.05) is 6.07 Å². The van der Waals surface area contributed by atoms with Crippen LogP contribution in [0.1, 0.15) is 18.6 Å². The van der Waals surface area contributed by atoms with E-state index < -0.39 is 0 Å². The number of fused-ring (bicyclic) bond motifs is 3. The molecule has 1 saturated heterocycles. The van der Waals surface area contributed by atoms with Crippen LogP contribution < -0.4 is 0 Å². The number of allylic oxidation sites excluding steroid dienone is 2. The second-order valence-electron chi connectivity index (χ2n) is 6.56. The SMILES string of the molecule is O=C1[C@@H]2[C@H](C(=O)N1Cc1ccco1)[C@H]1C=C[C@H]2C12CC2. The molecule has 4 atom stereocenters. The number of amides is 2. The lowest BCUT2D eigenvalue weighted by molar-refractivity contribution is -0.142. The molecule has 3 fully saturated rings. The summed E-state index contributed by atoms with van der Waals surface area (Å²) in [4.78, 5) is 26.7. The first-order valence-electron chi connectivity index (χ1n) is 7.28. The van der Waals surface area contributed by atoms with Crippen molar-refractivity contribution in [2.75, 3.05) is 0 Å². The zero-order chi connectivity index (χ0) is 13.5. The number of rotatable bonds is 2. The van der Waals surface area contributed by atoms with Gasteiger partial charge in [-0.25, -0.2) is 0 Å². The highest BCUT2D eigenvalue weighted by Gasteiger charge is 2.73. The lowest BCUT2D eigenvalue weighted by atomic mass is 9.85. The molecule has 5 rings (SSSR count). The van der Waals surface area contributed by atoms with Gasteiger partial charge in [0.05, 0.1) is 24.6 Å². The van der Waals surface area contributed by atoms with Gasteiger partial charge in [-0.05, 0) is 42.2 Å². The predicted octanol–water partition coefficient (Wildman–Crippen LogP) is 1.98. The number of hydrogen-bond acceptors (Lipinski definition) is 3. The van der Waals surface area contributed by atoms with Gasteiger partial charge < -0.3 is 4.42 Å². The van der Waals surface area contributed by atoms with E-state index in [9.17, 15) is 9.59 Å². The van der Waals surface area contributed by atoms with Crippen LogP contribution in [0.4, 0.5) is 0 Å². The van der Waals surface area contributed by atoms with E-state index in [-0.39, 0.29) is 35.6 Å². The highest BCUT2D eigenvalue weighted by atomic mass is 16.3. The Balaban J connectivity index is 1.50. The highest BCUT2D eigenvalue weighted by molar-refractivity contribution is 6.06. The molecule has 4 nitrogen and oxygen atoms in total. The number of carbonyl (C=O) groups is 2. The minimum Gasteiger partial charge on any atom is -0.467 e. The zero-order valence-corrected chi connectivity index (χ0v) is 11.0. The Hall–Kier alpha value is -1.84. The Morgan fingerprint density at radius 1 is 1.15 bits per heavy atom. The first-order chi connectivity index (χ1) is 9.72. The van der Waals surface area contributed by atoms with Gasteiger partial charge in [-0.15, -0.1) is 0 Å². The van der Waals surface area contributed by atoms with E-state index in [4.69, 9.17) is 4.42 Å². The van der Waals surface area contributed by atoms with Gasteiger partial charge in [0, 0.05) is 0 Å². The Morgan fingerprint density at radius 2 is 1.80 bits per heavy atom. The van der Waals surface area contributed by atoms with Crippen LogP contribution in [0.15, 0.2) is 35.0 Å². The maximum absolute atomic E-state index is 12.7. The van der Waals surface area contributed by atoms with Crippen LogP contribution in [0.25, 0.3) is 0 Å². The van der Waals surface area contributed by atoms with E-state index in [1.165, 1.54) is 17.7 Å². The highest BCUT2D eigenvalue weighted by Crippen LogP contribution is 2.73. The molecule has 0 radical (unpaired) electrons. The van der Waals surface area contributed by atoms with Gasteiger partial charge in [0.2, 0.25) is 11.8 Å². The molecule has 1 aromatic rings. The molecule has 2 heterocycles. The Kier molecular flexibility index (Phi) is 1.77. The molecule has 20 heavy (non-hydrogen) atoms. The molecular weight excluding hydrogens is 254 g/mol. The summed E-state index contributed by atoms with van der Waals surface area (Å²) in [6, 6.07) is 3.59. The number of imide groups is 1. The maximum Gasteiger partial charge on any atom is 0.234 e. The molecule has 0 N–H and O–H groups in total. The molecule has 0 unspecified atom stereocenters. The zero-order valence-electron chi connectivity index (χ0n) is 11.0. The van der Waals surface area contributed by atoms with Crippen molar-refractivity contribution in [3.8, 4) is 0 Å². The van der Waals surface area contributed by atoms with Gasteiger partial charge in [-0.1, -0.05) is 12.2 Å². The molecular formula is C16H15NO3. The second-order valence-corrected chi connectivity index (χ2v) is 6.56. The molecule has 1 spiro atoms. The van der Waals surface area contributed by atoms with Gasteiger partial charge in [0.25, 0.3) is 0 Å². The molecule has 1 aliphatic heterocycles. The molecule has 3 aliphatic carbocycles. The van der Waals surface area contributed by atoms with E-state index in [1.54, 1.807) is 12.3 Å². The normalized spacial score (nSPS) is 39.1. The quantitative estimate of drug-likeness (QED) is 0.609. The molecule has 2 saturated carbocycles. The summed E-state index contributed by atoms with van der Waals surface area (Å²) in [6.07, 6.45) is 8.33. The number of carbonyl (C=O) groups excluding carboxylic acids is 2. The molecule has 2 amide bonds. The van der Waals surface area contributed by atoms with Crippen molar-refractivity contribution in [1.82, 2.24) is 4.90 Å². The van der Waals surface area contributed by atoms with Gasteiger partial charge in [-0.2, -0.15) is 0 Å². The summed E-state index contributed by atoms with van der Waals surface area (Å²) in [7, 11) is 0. The Labute approximate surface area is 116 Å². The lowest BCUT2D eigenvalue weighted by Crippen LogP contribution is -2.34. The van der Waals surface area contributed by atoms with Crippen LogP contribution in [0.2, 0.25) is 0 Å². The van der Waals surface area contributed by atoms with E-state index >= 15 is 0 Å². The fourth-order valence-electron chi connectivity index (χ4n) is 4.85. The number of hydrogen-bond donors (Lipinski definition) is 0. The third kappa shape index (κ3) is 1.06. The summed E-state index contributed by atoms with van der Waals surface area (Å²) >= 11 is 0. The topological polar surface area (TPSA) is 50.5 Å². The van der Waals surface area contributed by atoms with Crippen molar-refractivity contribution < 1.29 is 14.0 Å². The summed E-state index contributed by atoms with van der Waals surface area (Å²) < 4.78 is 5.28. The largest absolute Gasteiger partial charge is 0.467 e. The van der Waals surface area contributed by atoms with Crippen molar-refractivity contribution in [2.24, 2.45) is 29.1 Å². The fraction of sp³-hybridized carbons (Fsp3) is 0.500. The minimum atomic E-state index is -0.102. The number of likely N-dealkylation sites (tertiary alicyclic amines) is 1. The van der Waals surface area contributed by atoms with E-state index in [2.05, 4.69) is 12.2 Å². The molecule has 1 aromatic heterocycles. The van der Waals surface area contributed by atoms with Crippen molar-refractivity contribution in [2.45, 2.75) is 19.4 Å². The van der Waals surface area contributed by atoms with Crippen molar-refractivity contribution >= 4 is 11.8 Å². The van der Waals surface area contributed by atoms with E-state index in [0.29, 0.717) is 17.6 Å². The Bertz CT molecular complexity index is 607. The monoisotopic (exact) mass is 269 g/mol. The van der Waals surface area contributed by atoms with Gasteiger partial charge in [0.15, 0.2) is 0 Å². The van der Waals surface area contributed by atoms with Crippen LogP contribution in [0.3, 0.4) is 0 Å². The molecule has 4 heteroatoms. The Morgan fingerprint density at radius 3 is 2.30 bits per heavy atom. The van der Waals surface area contributed by atoms with Crippen molar-refractivity contribution in [1.29, 1.82) is 0 Å². The van der Waals surface area contributed by atoms with Gasteiger partial charge >= 0.3 is 0 Å². The third-order valence-electron chi connectivity index (χ3n) is 5.84. The van der Waals surface area contributed by atoms with Gasteiger partial charge in [-0.3, -0.25) is 14.5 Å². The standard InChI is InChI=1S/C16H15NO3/c18-14-12-10-3-4-11(16(10)5-6-16)13(12)15(19)17(14)8-9-2-1-7-20-9/h1-4,7,10-13H,5-6,8H2/t10-,11-,12-,13+/m1/s1. The first kappa shape index (κ1) is 10.9. The summed E-state index contributed by atoms with van der Waals surface area (Å²) in [6.45, 7) is 0.282. The molecule has 2 bridgehead atoms. The number of furan rings is 1. The first-order valence-corrected chi connectivity index (χ1v) is 7.28. The predicted molar refractivity (Wildman–Crippen MR) is 69.0 cm³/mol. The molecule has 0 aromatic carbocycles. The third-order valence-corrected chi connectivity index (χ3v) is 5.84. The average molecular weight is 269 g/mol.